The summed E-state index contributed by atoms with van der Waals surface area (Å²) in [5.74, 6) is 1.08. The zero-order chi connectivity index (χ0) is 22.6. The number of carbonyl (C=O) groups excluding carboxylic acids is 1. The predicted octanol–water partition coefficient (Wildman–Crippen LogP) is 2.89. The van der Waals surface area contributed by atoms with E-state index >= 15 is 0 Å². The minimum Gasteiger partial charge on any atom is -0.493 e. The summed E-state index contributed by atoms with van der Waals surface area (Å²) in [5.41, 5.74) is 1.29. The van der Waals surface area contributed by atoms with Crippen LogP contribution in [0.15, 0.2) is 42.5 Å². The number of nitrogens with one attached hydrogen (secondary N) is 1. The molecule has 31 heavy (non-hydrogen) atoms. The van der Waals surface area contributed by atoms with Gasteiger partial charge in [0.05, 0.1) is 38.2 Å². The molecule has 3 rings (SSSR count). The average Bonchev–Trinajstić information content (AvgIpc) is 2.81. The maximum Gasteiger partial charge on any atom is 0.263 e. The van der Waals surface area contributed by atoms with Gasteiger partial charge in [-0.3, -0.25) is 9.10 Å². The largest absolute Gasteiger partial charge is 0.493 e. The first-order valence-corrected chi connectivity index (χ1v) is 11.7. The fourth-order valence-corrected chi connectivity index (χ4v) is 4.64. The van der Waals surface area contributed by atoms with Crippen molar-refractivity contribution < 1.29 is 27.4 Å². The van der Waals surface area contributed by atoms with Crippen LogP contribution < -0.4 is 23.8 Å². The molecule has 2 atom stereocenters. The molecule has 0 saturated heterocycles. The first-order chi connectivity index (χ1) is 14.8. The highest BCUT2D eigenvalue weighted by atomic mass is 32.2. The second kappa shape index (κ2) is 9.47. The highest BCUT2D eigenvalue weighted by molar-refractivity contribution is 7.92. The number of rotatable bonds is 8. The monoisotopic (exact) mass is 448 g/mol. The number of sulfonamides is 1. The number of anilines is 1. The van der Waals surface area contributed by atoms with Crippen LogP contribution in [-0.4, -0.2) is 46.9 Å². The highest BCUT2D eigenvalue weighted by Crippen LogP contribution is 2.35. The van der Waals surface area contributed by atoms with Crippen molar-refractivity contribution >= 4 is 21.6 Å². The molecule has 168 valence electrons. The zero-order valence-electron chi connectivity index (χ0n) is 18.1. The van der Waals surface area contributed by atoms with Crippen molar-refractivity contribution in [3.8, 4) is 17.2 Å². The van der Waals surface area contributed by atoms with Crippen LogP contribution in [0.4, 0.5) is 5.69 Å². The number of para-hydroxylation sites is 2. The molecule has 8 nitrogen and oxygen atoms in total. The molecule has 1 aliphatic rings. The topological polar surface area (TPSA) is 94.2 Å². The van der Waals surface area contributed by atoms with Gasteiger partial charge >= 0.3 is 0 Å². The van der Waals surface area contributed by atoms with E-state index in [0.717, 1.165) is 5.56 Å². The van der Waals surface area contributed by atoms with E-state index in [4.69, 9.17) is 14.2 Å². The van der Waals surface area contributed by atoms with Crippen LogP contribution in [0.1, 0.15) is 31.9 Å². The molecular weight excluding hydrogens is 420 g/mol. The predicted molar refractivity (Wildman–Crippen MR) is 118 cm³/mol. The molecule has 0 radical (unpaired) electrons. The molecule has 0 bridgehead atoms. The van der Waals surface area contributed by atoms with Crippen molar-refractivity contribution in [1.82, 2.24) is 5.32 Å². The summed E-state index contributed by atoms with van der Waals surface area (Å²) < 4.78 is 43.0. The molecule has 2 aromatic rings. The first kappa shape index (κ1) is 22.7. The lowest BCUT2D eigenvalue weighted by molar-refractivity contribution is -0.128. The number of benzene rings is 2. The Hall–Kier alpha value is -2.94. The maximum absolute atomic E-state index is 13.1. The second-order valence-corrected chi connectivity index (χ2v) is 9.27. The third kappa shape index (κ3) is 4.71. The number of hydrogen-bond donors (Lipinski definition) is 1. The van der Waals surface area contributed by atoms with Crippen molar-refractivity contribution in [3.63, 3.8) is 0 Å². The van der Waals surface area contributed by atoms with Crippen molar-refractivity contribution in [2.75, 3.05) is 30.8 Å². The maximum atomic E-state index is 13.1. The van der Waals surface area contributed by atoms with E-state index < -0.39 is 16.1 Å². The van der Waals surface area contributed by atoms with E-state index in [1.807, 2.05) is 19.1 Å². The molecule has 9 heteroatoms. The summed E-state index contributed by atoms with van der Waals surface area (Å²) in [4.78, 5) is 13.1. The molecule has 1 amide bonds. The van der Waals surface area contributed by atoms with Crippen LogP contribution in [0.5, 0.6) is 17.2 Å². The Labute approximate surface area is 183 Å². The number of ether oxygens (including phenoxy) is 3. The second-order valence-electron chi connectivity index (χ2n) is 7.09. The van der Waals surface area contributed by atoms with Gasteiger partial charge in [-0.05, 0) is 43.2 Å². The minimum absolute atomic E-state index is 0.0705. The molecule has 0 fully saturated rings. The Morgan fingerprint density at radius 3 is 2.52 bits per heavy atom. The summed E-state index contributed by atoms with van der Waals surface area (Å²) >= 11 is 0. The number of fused-ring (bicyclic) bond motifs is 1. The summed E-state index contributed by atoms with van der Waals surface area (Å²) in [7, 11) is -0.448. The molecule has 0 spiro atoms. The lowest BCUT2D eigenvalue weighted by Gasteiger charge is -2.35. The number of carbonyl (C=O) groups is 1. The van der Waals surface area contributed by atoms with Gasteiger partial charge in [-0.1, -0.05) is 25.1 Å². The van der Waals surface area contributed by atoms with E-state index in [1.54, 1.807) is 51.5 Å². The lowest BCUT2D eigenvalue weighted by atomic mass is 10.0. The zero-order valence-corrected chi connectivity index (χ0v) is 18.9. The van der Waals surface area contributed by atoms with Gasteiger partial charge in [-0.25, -0.2) is 8.42 Å². The van der Waals surface area contributed by atoms with E-state index in [0.29, 0.717) is 29.4 Å². The highest BCUT2D eigenvalue weighted by Gasteiger charge is 2.36. The van der Waals surface area contributed by atoms with Gasteiger partial charge in [-0.2, -0.15) is 0 Å². The van der Waals surface area contributed by atoms with E-state index in [-0.39, 0.29) is 24.2 Å². The Morgan fingerprint density at radius 2 is 1.87 bits per heavy atom. The van der Waals surface area contributed by atoms with E-state index in [2.05, 4.69) is 5.32 Å². The van der Waals surface area contributed by atoms with Gasteiger partial charge < -0.3 is 19.5 Å². The van der Waals surface area contributed by atoms with Crippen molar-refractivity contribution in [2.45, 2.75) is 32.4 Å². The number of nitrogens with zero attached hydrogens (tertiary/aromatic N) is 1. The van der Waals surface area contributed by atoms with E-state index in [1.165, 1.54) is 4.31 Å². The third-order valence-electron chi connectivity index (χ3n) is 5.26. The molecule has 0 unspecified atom stereocenters. The molecule has 1 N–H and O–H groups in total. The SMILES string of the molecule is CC[C@@H](NC(=O)[C@@H]1CN(S(=O)(=O)CC)c2ccccc2O1)c1ccc(OC)c(OC)c1. The van der Waals surface area contributed by atoms with Gasteiger partial charge in [-0.15, -0.1) is 0 Å². The summed E-state index contributed by atoms with van der Waals surface area (Å²) in [6.45, 7) is 3.45. The first-order valence-electron chi connectivity index (χ1n) is 10.1. The van der Waals surface area contributed by atoms with Crippen molar-refractivity contribution in [2.24, 2.45) is 0 Å². The number of hydrogen-bond acceptors (Lipinski definition) is 6. The molecule has 2 aromatic carbocycles. The molecular formula is C22H28N2O6S. The van der Waals surface area contributed by atoms with Gasteiger partial charge in [0, 0.05) is 0 Å². The fourth-order valence-electron chi connectivity index (χ4n) is 3.51. The third-order valence-corrected chi connectivity index (χ3v) is 7.01. The van der Waals surface area contributed by atoms with Crippen LogP contribution >= 0.6 is 0 Å². The smallest absolute Gasteiger partial charge is 0.263 e. The summed E-state index contributed by atoms with van der Waals surface area (Å²) in [6.07, 6.45) is -0.341. The van der Waals surface area contributed by atoms with Gasteiger partial charge in [0.2, 0.25) is 10.0 Å². The van der Waals surface area contributed by atoms with Crippen LogP contribution in [-0.2, 0) is 14.8 Å². The normalized spacial score (nSPS) is 16.6. The molecule has 1 aliphatic heterocycles. The summed E-state index contributed by atoms with van der Waals surface area (Å²) in [6, 6.07) is 12.0. The molecule has 1 heterocycles. The number of amides is 1. The molecule has 0 aromatic heterocycles. The van der Waals surface area contributed by atoms with Gasteiger partial charge in [0.15, 0.2) is 17.6 Å². The van der Waals surface area contributed by atoms with Crippen molar-refractivity contribution in [1.29, 1.82) is 0 Å². The lowest BCUT2D eigenvalue weighted by Crippen LogP contribution is -2.51. The summed E-state index contributed by atoms with van der Waals surface area (Å²) in [5, 5.41) is 2.98. The quantitative estimate of drug-likeness (QED) is 0.667. The van der Waals surface area contributed by atoms with Crippen LogP contribution in [0.2, 0.25) is 0 Å². The molecule has 0 saturated carbocycles. The Bertz CT molecular complexity index is 1040. The fraction of sp³-hybridized carbons (Fsp3) is 0.409. The molecule has 0 aliphatic carbocycles. The Kier molecular flexibility index (Phi) is 6.94. The van der Waals surface area contributed by atoms with Crippen molar-refractivity contribution in [3.05, 3.63) is 48.0 Å². The van der Waals surface area contributed by atoms with Crippen LogP contribution in [0.25, 0.3) is 0 Å². The average molecular weight is 449 g/mol. The van der Waals surface area contributed by atoms with Crippen LogP contribution in [0, 0.1) is 0 Å². The van der Waals surface area contributed by atoms with Gasteiger partial charge in [0.1, 0.15) is 5.75 Å². The van der Waals surface area contributed by atoms with Crippen LogP contribution in [0.3, 0.4) is 0 Å². The Balaban J connectivity index is 1.84. The standard InChI is InChI=1S/C22H28N2O6S/c1-5-16(15-11-12-19(28-3)20(13-15)29-4)23-22(25)21-14-24(31(26,27)6-2)17-9-7-8-10-18(17)30-21/h7-13,16,21H,5-6,14H2,1-4H3,(H,23,25)/t16-,21+/m1/s1. The Morgan fingerprint density at radius 1 is 1.16 bits per heavy atom. The number of methoxy groups -OCH3 is 2. The van der Waals surface area contributed by atoms with Gasteiger partial charge in [0.25, 0.3) is 5.91 Å². The van der Waals surface area contributed by atoms with E-state index in [9.17, 15) is 13.2 Å². The minimum atomic E-state index is -3.56.